The van der Waals surface area contributed by atoms with Gasteiger partial charge in [0.25, 0.3) is 5.91 Å². The highest BCUT2D eigenvalue weighted by Gasteiger charge is 2.28. The lowest BCUT2D eigenvalue weighted by molar-refractivity contribution is -0.155. The normalized spacial score (nSPS) is 12.3. The molecule has 1 aromatic rings. The largest absolute Gasteiger partial charge is 0.459 e. The maximum Gasteiger partial charge on any atom is 0.326 e. The predicted octanol–water partition coefficient (Wildman–Crippen LogP) is 2.20. The van der Waals surface area contributed by atoms with Crippen LogP contribution >= 0.6 is 0 Å². The molecule has 0 spiro atoms. The molecule has 0 N–H and O–H groups in total. The van der Waals surface area contributed by atoms with Crippen molar-refractivity contribution in [3.63, 3.8) is 0 Å². The highest BCUT2D eigenvalue weighted by atomic mass is 32.2. The highest BCUT2D eigenvalue weighted by Crippen LogP contribution is 2.21. The molecule has 1 rings (SSSR count). The van der Waals surface area contributed by atoms with E-state index in [0.717, 1.165) is 18.2 Å². The number of halogens is 1. The lowest BCUT2D eigenvalue weighted by Gasteiger charge is -2.26. The van der Waals surface area contributed by atoms with Crippen molar-refractivity contribution in [3.8, 4) is 0 Å². The van der Waals surface area contributed by atoms with Gasteiger partial charge in [-0.2, -0.15) is 4.31 Å². The minimum atomic E-state index is -3.88. The number of sulfonamides is 1. The molecular weight excluding hydrogens is 425 g/mol. The molecule has 0 aliphatic rings. The maximum atomic E-state index is 14.6. The molecule has 0 aliphatic heterocycles. The summed E-state index contributed by atoms with van der Waals surface area (Å²) < 4.78 is 46.7. The Labute approximate surface area is 185 Å². The third-order valence-corrected chi connectivity index (χ3v) is 6.40. The number of nitrogens with zero attached hydrogens (tertiary/aromatic N) is 3. The number of hydrogen-bond acceptors (Lipinski definition) is 6. The van der Waals surface area contributed by atoms with Gasteiger partial charge in [0, 0.05) is 26.2 Å². The second-order valence-electron chi connectivity index (χ2n) is 8.35. The summed E-state index contributed by atoms with van der Waals surface area (Å²) in [5.41, 5.74) is -1.15. The third-order valence-electron chi connectivity index (χ3n) is 4.36. The number of ether oxygens (including phenoxy) is 1. The summed E-state index contributed by atoms with van der Waals surface area (Å²) in [6, 6.07) is 3.13. The zero-order chi connectivity index (χ0) is 24.0. The van der Waals surface area contributed by atoms with Crippen molar-refractivity contribution in [3.05, 3.63) is 29.6 Å². The van der Waals surface area contributed by atoms with Gasteiger partial charge < -0.3 is 14.5 Å². The minimum absolute atomic E-state index is 0.136. The maximum absolute atomic E-state index is 14.6. The smallest absolute Gasteiger partial charge is 0.326 e. The highest BCUT2D eigenvalue weighted by molar-refractivity contribution is 7.89. The number of rotatable bonds is 10. The van der Waals surface area contributed by atoms with E-state index in [-0.39, 0.29) is 31.1 Å². The number of esters is 1. The molecule has 0 heterocycles. The van der Waals surface area contributed by atoms with Crippen LogP contribution in [0.2, 0.25) is 0 Å². The molecule has 0 bridgehead atoms. The van der Waals surface area contributed by atoms with Crippen molar-refractivity contribution in [2.24, 2.45) is 0 Å². The molecule has 0 aromatic heterocycles. The van der Waals surface area contributed by atoms with Crippen LogP contribution in [0, 0.1) is 5.82 Å². The van der Waals surface area contributed by atoms with Crippen LogP contribution in [0.4, 0.5) is 4.39 Å². The first-order valence-corrected chi connectivity index (χ1v) is 11.6. The molecule has 1 aromatic carbocycles. The summed E-state index contributed by atoms with van der Waals surface area (Å²) in [6.07, 6.45) is 0. The first kappa shape index (κ1) is 27.0. The van der Waals surface area contributed by atoms with E-state index < -0.39 is 38.9 Å². The third kappa shape index (κ3) is 7.86. The van der Waals surface area contributed by atoms with Crippen LogP contribution in [-0.4, -0.2) is 86.8 Å². The standard InChI is InChI=1S/C21H34FN3O5S/c1-8-25(9-2)31(28,29)16-10-11-18(22)17(14-16)20(27)24(13-12-23(6)7)15-19(26)30-21(3,4)5/h10-11,14H,8-9,12-13,15H2,1-7H3. The molecule has 0 unspecified atom stereocenters. The van der Waals surface area contributed by atoms with E-state index in [1.54, 1.807) is 48.7 Å². The van der Waals surface area contributed by atoms with Gasteiger partial charge >= 0.3 is 5.97 Å². The number of hydrogen-bond donors (Lipinski definition) is 0. The number of likely N-dealkylation sites (N-methyl/N-ethyl adjacent to an activating group) is 1. The van der Waals surface area contributed by atoms with Gasteiger partial charge in [-0.25, -0.2) is 12.8 Å². The molecule has 0 atom stereocenters. The van der Waals surface area contributed by atoms with Gasteiger partial charge in [-0.1, -0.05) is 13.8 Å². The topological polar surface area (TPSA) is 87.2 Å². The van der Waals surface area contributed by atoms with Crippen molar-refractivity contribution in [2.45, 2.75) is 45.1 Å². The molecule has 31 heavy (non-hydrogen) atoms. The SMILES string of the molecule is CCN(CC)S(=O)(=O)c1ccc(F)c(C(=O)N(CCN(C)C)CC(=O)OC(C)(C)C)c1. The number of carbonyl (C=O) groups is 2. The summed E-state index contributed by atoms with van der Waals surface area (Å²) >= 11 is 0. The van der Waals surface area contributed by atoms with E-state index in [1.807, 2.05) is 4.90 Å². The van der Waals surface area contributed by atoms with Crippen LogP contribution < -0.4 is 0 Å². The predicted molar refractivity (Wildman–Crippen MR) is 117 cm³/mol. The van der Waals surface area contributed by atoms with Gasteiger partial charge in [-0.15, -0.1) is 0 Å². The number of carbonyl (C=O) groups excluding carboxylic acids is 2. The molecule has 8 nitrogen and oxygen atoms in total. The first-order chi connectivity index (χ1) is 14.2. The fourth-order valence-corrected chi connectivity index (χ4v) is 4.30. The monoisotopic (exact) mass is 459 g/mol. The van der Waals surface area contributed by atoms with Gasteiger partial charge in [-0.05, 0) is 53.1 Å². The average molecular weight is 460 g/mol. The first-order valence-electron chi connectivity index (χ1n) is 10.2. The van der Waals surface area contributed by atoms with Crippen LogP contribution in [-0.2, 0) is 19.6 Å². The van der Waals surface area contributed by atoms with Crippen LogP contribution in [0.3, 0.4) is 0 Å². The molecule has 0 saturated heterocycles. The van der Waals surface area contributed by atoms with E-state index in [0.29, 0.717) is 6.54 Å². The summed E-state index contributed by atoms with van der Waals surface area (Å²) in [5, 5.41) is 0. The Morgan fingerprint density at radius 1 is 1.06 bits per heavy atom. The summed E-state index contributed by atoms with van der Waals surface area (Å²) in [7, 11) is -0.277. The average Bonchev–Trinajstić information content (AvgIpc) is 2.63. The molecule has 1 amide bonds. The van der Waals surface area contributed by atoms with Crippen molar-refractivity contribution in [2.75, 3.05) is 46.8 Å². The van der Waals surface area contributed by atoms with Gasteiger partial charge in [-0.3, -0.25) is 9.59 Å². The molecule has 10 heteroatoms. The Balaban J connectivity index is 3.30. The van der Waals surface area contributed by atoms with Gasteiger partial charge in [0.15, 0.2) is 0 Å². The van der Waals surface area contributed by atoms with E-state index >= 15 is 0 Å². The lowest BCUT2D eigenvalue weighted by atomic mass is 10.1. The number of benzene rings is 1. The number of amides is 1. The fraction of sp³-hybridized carbons (Fsp3) is 0.619. The summed E-state index contributed by atoms with van der Waals surface area (Å²) in [4.78, 5) is 28.2. The van der Waals surface area contributed by atoms with Crippen molar-refractivity contribution in [1.82, 2.24) is 14.1 Å². The Morgan fingerprint density at radius 3 is 2.13 bits per heavy atom. The molecular formula is C21H34FN3O5S. The van der Waals surface area contributed by atoms with E-state index in [9.17, 15) is 22.4 Å². The summed E-state index contributed by atoms with van der Waals surface area (Å²) in [5.74, 6) is -2.27. The molecule has 0 radical (unpaired) electrons. The Morgan fingerprint density at radius 2 is 1.65 bits per heavy atom. The Bertz CT molecular complexity index is 877. The van der Waals surface area contributed by atoms with E-state index in [2.05, 4.69) is 0 Å². The molecule has 0 aliphatic carbocycles. The van der Waals surface area contributed by atoms with E-state index in [1.165, 1.54) is 9.21 Å². The second kappa shape index (κ2) is 11.0. The van der Waals surface area contributed by atoms with Gasteiger partial charge in [0.1, 0.15) is 18.0 Å². The molecule has 176 valence electrons. The zero-order valence-corrected chi connectivity index (χ0v) is 20.3. The fourth-order valence-electron chi connectivity index (χ4n) is 2.81. The van der Waals surface area contributed by atoms with Crippen LogP contribution in [0.1, 0.15) is 45.0 Å². The van der Waals surface area contributed by atoms with Crippen LogP contribution in [0.25, 0.3) is 0 Å². The summed E-state index contributed by atoms with van der Waals surface area (Å²) in [6.45, 7) is 9.18. The van der Waals surface area contributed by atoms with E-state index in [4.69, 9.17) is 4.74 Å². The molecule has 0 saturated carbocycles. The zero-order valence-electron chi connectivity index (χ0n) is 19.4. The van der Waals surface area contributed by atoms with Crippen LogP contribution in [0.5, 0.6) is 0 Å². The second-order valence-corrected chi connectivity index (χ2v) is 10.3. The Hall–Kier alpha value is -2.04. The van der Waals surface area contributed by atoms with Crippen molar-refractivity contribution < 1.29 is 27.1 Å². The molecule has 0 fully saturated rings. The van der Waals surface area contributed by atoms with Crippen molar-refractivity contribution in [1.29, 1.82) is 0 Å². The lowest BCUT2D eigenvalue weighted by Crippen LogP contribution is -2.42. The van der Waals surface area contributed by atoms with Gasteiger partial charge in [0.05, 0.1) is 10.5 Å². The van der Waals surface area contributed by atoms with Gasteiger partial charge in [0.2, 0.25) is 10.0 Å². The quantitative estimate of drug-likeness (QED) is 0.499. The van der Waals surface area contributed by atoms with Crippen LogP contribution in [0.15, 0.2) is 23.1 Å². The Kier molecular flexibility index (Phi) is 9.59. The minimum Gasteiger partial charge on any atom is -0.459 e. The van der Waals surface area contributed by atoms with Crippen molar-refractivity contribution >= 4 is 21.9 Å².